The molecule has 6 heteroatoms. The molecule has 3 rings (SSSR count). The van der Waals surface area contributed by atoms with Gasteiger partial charge in [-0.15, -0.1) is 0 Å². The number of hydrogen-bond acceptors (Lipinski definition) is 3. The monoisotopic (exact) mass is 543 g/mol. The lowest BCUT2D eigenvalue weighted by molar-refractivity contribution is 0.440. The van der Waals surface area contributed by atoms with Crippen LogP contribution in [0.25, 0.3) is 0 Å². The summed E-state index contributed by atoms with van der Waals surface area (Å²) in [7, 11) is -6.85. The minimum Gasteiger partial charge on any atom is -0.0652 e. The second kappa shape index (κ2) is 15.1. The van der Waals surface area contributed by atoms with Crippen LogP contribution in [0.5, 0.6) is 0 Å². The molecule has 0 saturated heterocycles. The van der Waals surface area contributed by atoms with Crippen molar-refractivity contribution in [1.29, 1.82) is 0 Å². The molecule has 0 aromatic heterocycles. The maximum atomic E-state index is 14.0. The molecule has 0 aliphatic rings. The lowest BCUT2D eigenvalue weighted by atomic mass is 10.4. The minimum atomic E-state index is -2.66. The minimum absolute atomic E-state index is 1.03. The molecule has 0 aliphatic heterocycles. The van der Waals surface area contributed by atoms with E-state index in [-0.39, 0.29) is 0 Å². The van der Waals surface area contributed by atoms with Crippen molar-refractivity contribution in [1.82, 2.24) is 0 Å². The van der Waals surface area contributed by atoms with E-state index in [9.17, 15) is 4.57 Å². The van der Waals surface area contributed by atoms with Crippen molar-refractivity contribution in [2.45, 2.75) is 59.3 Å². The van der Waals surface area contributed by atoms with E-state index in [0.717, 1.165) is 72.9 Å². The van der Waals surface area contributed by atoms with Gasteiger partial charge in [-0.25, -0.2) is 0 Å². The Morgan fingerprint density at radius 1 is 0.556 bits per heavy atom. The molecule has 3 aromatic carbocycles. The van der Waals surface area contributed by atoms with Gasteiger partial charge in [0, 0.05) is 8.88 Å². The number of rotatable bonds is 16. The van der Waals surface area contributed by atoms with E-state index in [1.165, 1.54) is 0 Å². The number of hydrogen-bond donors (Lipinski definition) is 0. The van der Waals surface area contributed by atoms with Gasteiger partial charge in [0.15, 0.2) is 0 Å². The van der Waals surface area contributed by atoms with Crippen molar-refractivity contribution < 1.29 is 13.2 Å². The van der Waals surface area contributed by atoms with Gasteiger partial charge in [0.05, 0.1) is 22.8 Å². The fraction of sp³-hybridized carbons (Fsp3) is 0.400. The van der Waals surface area contributed by atoms with Gasteiger partial charge in [-0.3, -0.25) is 0 Å². The first-order valence-corrected chi connectivity index (χ1v) is 18.5. The molecule has 0 saturated carbocycles. The normalized spacial score (nSPS) is 12.5. The van der Waals surface area contributed by atoms with Gasteiger partial charge in [0.25, 0.3) is 0 Å². The maximum Gasteiger partial charge on any atom is 0.771 e. The molecule has 0 spiro atoms. The standard InChI is InChI=1S/C30H42O3P3/c1-4-7-25-35(26-8-5-2,27-9-6-3)32-34(31)33-36(28-19-13-10-14-20-28,29-21-15-11-16-22-29)30-23-17-12-18-24-30/h10-24H,4-9,25-27H2,1-3H3/q+3. The molecule has 0 bridgehead atoms. The lowest BCUT2D eigenvalue weighted by Gasteiger charge is -2.22. The highest BCUT2D eigenvalue weighted by molar-refractivity contribution is 7.94. The van der Waals surface area contributed by atoms with Crippen LogP contribution in [0.15, 0.2) is 91.0 Å². The Morgan fingerprint density at radius 2 is 0.889 bits per heavy atom. The summed E-state index contributed by atoms with van der Waals surface area (Å²) in [5, 5.41) is 3.15. The molecule has 0 amide bonds. The summed E-state index contributed by atoms with van der Waals surface area (Å²) in [5.74, 6) is 0. The van der Waals surface area contributed by atoms with E-state index in [0.29, 0.717) is 0 Å². The summed E-state index contributed by atoms with van der Waals surface area (Å²) >= 11 is 0. The molecule has 0 fully saturated rings. The molecule has 0 N–H and O–H groups in total. The second-order valence-electron chi connectivity index (χ2n) is 9.29. The predicted octanol–water partition coefficient (Wildman–Crippen LogP) is 8.92. The topological polar surface area (TPSA) is 35.5 Å². The third-order valence-corrected chi connectivity index (χ3v) is 16.4. The van der Waals surface area contributed by atoms with Crippen LogP contribution in [0.4, 0.5) is 0 Å². The molecular weight excluding hydrogens is 501 g/mol. The average Bonchev–Trinajstić information content (AvgIpc) is 2.94. The number of unbranched alkanes of at least 4 members (excludes halogenated alkanes) is 3. The largest absolute Gasteiger partial charge is 0.771 e. The van der Waals surface area contributed by atoms with Gasteiger partial charge >= 0.3 is 15.7 Å². The van der Waals surface area contributed by atoms with Gasteiger partial charge < -0.3 is 0 Å². The van der Waals surface area contributed by atoms with Crippen LogP contribution in [-0.2, 0) is 13.2 Å². The highest BCUT2D eigenvalue weighted by Gasteiger charge is 2.61. The van der Waals surface area contributed by atoms with Crippen LogP contribution < -0.4 is 15.9 Å². The smallest absolute Gasteiger partial charge is 0.0652 e. The Balaban J connectivity index is 2.07. The zero-order valence-corrected chi connectivity index (χ0v) is 24.8. The molecule has 0 radical (unpaired) electrons. The summed E-state index contributed by atoms with van der Waals surface area (Å²) in [6.45, 7) is 6.67. The summed E-state index contributed by atoms with van der Waals surface area (Å²) < 4.78 is 27.6. The molecule has 1 unspecified atom stereocenters. The van der Waals surface area contributed by atoms with Crippen molar-refractivity contribution in [3.05, 3.63) is 91.0 Å². The maximum absolute atomic E-state index is 14.0. The molecule has 0 aliphatic carbocycles. The molecule has 3 aromatic rings. The van der Waals surface area contributed by atoms with Crippen LogP contribution in [-0.4, -0.2) is 18.5 Å². The summed E-state index contributed by atoms with van der Waals surface area (Å²) in [6.07, 6.45) is 9.79. The Hall–Kier alpha value is -1.46. The molecule has 36 heavy (non-hydrogen) atoms. The van der Waals surface area contributed by atoms with Crippen molar-refractivity contribution >= 4 is 39.1 Å². The van der Waals surface area contributed by atoms with E-state index in [4.69, 9.17) is 8.62 Å². The van der Waals surface area contributed by atoms with E-state index < -0.39 is 23.2 Å². The van der Waals surface area contributed by atoms with E-state index in [2.05, 4.69) is 57.2 Å². The van der Waals surface area contributed by atoms with Gasteiger partial charge in [-0.05, 0) is 55.7 Å². The van der Waals surface area contributed by atoms with Crippen LogP contribution in [0.1, 0.15) is 59.3 Å². The highest BCUT2D eigenvalue weighted by Crippen LogP contribution is 2.71. The molecular formula is C30H42O3P3+3. The summed E-state index contributed by atoms with van der Waals surface area (Å²) in [5.41, 5.74) is 0. The average molecular weight is 544 g/mol. The van der Waals surface area contributed by atoms with Crippen LogP contribution >= 0.6 is 23.2 Å². The first kappa shape index (κ1) is 29.1. The number of benzene rings is 3. The molecule has 1 atom stereocenters. The van der Waals surface area contributed by atoms with E-state index in [1.807, 2.05) is 54.6 Å². The summed E-state index contributed by atoms with van der Waals surface area (Å²) in [4.78, 5) is 0. The van der Waals surface area contributed by atoms with Crippen LogP contribution in [0.2, 0.25) is 0 Å². The van der Waals surface area contributed by atoms with Crippen molar-refractivity contribution in [2.75, 3.05) is 18.5 Å². The third kappa shape index (κ3) is 7.54. The van der Waals surface area contributed by atoms with E-state index in [1.54, 1.807) is 0 Å². The van der Waals surface area contributed by atoms with Gasteiger partial charge in [0.1, 0.15) is 15.9 Å². The van der Waals surface area contributed by atoms with Gasteiger partial charge in [-0.2, -0.15) is 0 Å². The molecule has 0 heterocycles. The van der Waals surface area contributed by atoms with Crippen molar-refractivity contribution in [3.8, 4) is 0 Å². The Bertz CT molecular complexity index is 911. The SMILES string of the molecule is CCCC[P+](CCCC)(CCCC)O[P+](=O)O[P+](c1ccccc1)(c1ccccc1)c1ccccc1. The first-order chi connectivity index (χ1) is 17.6. The van der Waals surface area contributed by atoms with Gasteiger partial charge in [-0.1, -0.05) is 94.6 Å². The third-order valence-electron chi connectivity index (χ3n) is 6.55. The lowest BCUT2D eigenvalue weighted by Crippen LogP contribution is -2.31. The Morgan fingerprint density at radius 3 is 1.19 bits per heavy atom. The molecule has 192 valence electrons. The quantitative estimate of drug-likeness (QED) is 0.169. The molecule has 3 nitrogen and oxygen atoms in total. The zero-order valence-electron chi connectivity index (χ0n) is 22.1. The van der Waals surface area contributed by atoms with Crippen molar-refractivity contribution in [3.63, 3.8) is 0 Å². The fourth-order valence-corrected chi connectivity index (χ4v) is 15.0. The second-order valence-corrected chi connectivity index (χ2v) is 17.3. The fourth-order valence-electron chi connectivity index (χ4n) is 4.56. The van der Waals surface area contributed by atoms with Crippen LogP contribution in [0, 0.1) is 0 Å². The Labute approximate surface area is 220 Å². The highest BCUT2D eigenvalue weighted by atomic mass is 31.3. The summed E-state index contributed by atoms with van der Waals surface area (Å²) in [6, 6.07) is 30.9. The first-order valence-electron chi connectivity index (χ1n) is 13.4. The zero-order chi connectivity index (χ0) is 25.7. The predicted molar refractivity (Wildman–Crippen MR) is 161 cm³/mol. The van der Waals surface area contributed by atoms with Crippen molar-refractivity contribution in [2.24, 2.45) is 0 Å². The Kier molecular flexibility index (Phi) is 12.2. The van der Waals surface area contributed by atoms with Crippen LogP contribution in [0.3, 0.4) is 0 Å². The van der Waals surface area contributed by atoms with E-state index >= 15 is 0 Å². The van der Waals surface area contributed by atoms with Gasteiger partial charge in [0.2, 0.25) is 7.49 Å².